The van der Waals surface area contributed by atoms with Crippen LogP contribution in [0.4, 0.5) is 0 Å². The molecule has 324 valence electrons. The van der Waals surface area contributed by atoms with Crippen molar-refractivity contribution in [3.8, 4) is 0 Å². The SMILES string of the molecule is C=CCC1/C=C(\C)CC(C)CC(OC)C2OC(O)(C(=O)C(=O)N3CCCCC3C(=O)OC(C(C)=CC3CCC(O)C(OC)C3)C(C)C(O)CC1O)C(C)CC2OC. The maximum Gasteiger partial charge on any atom is 0.329 e. The van der Waals surface area contributed by atoms with Crippen LogP contribution < -0.4 is 0 Å². The lowest BCUT2D eigenvalue weighted by Crippen LogP contribution is -2.64. The summed E-state index contributed by atoms with van der Waals surface area (Å²) in [4.78, 5) is 44.0. The monoisotopic (exact) mass is 805 g/mol. The number of aliphatic hydroxyl groups excluding tert-OH is 3. The molecule has 13 nitrogen and oxygen atoms in total. The predicted octanol–water partition coefficient (Wildman–Crippen LogP) is 4.43. The molecule has 57 heavy (non-hydrogen) atoms. The molecule has 0 aromatic heterocycles. The number of carbonyl (C=O) groups excluding carboxylic acids is 3. The summed E-state index contributed by atoms with van der Waals surface area (Å²) in [7, 11) is 4.64. The first-order valence-electron chi connectivity index (χ1n) is 21.0. The molecule has 2 bridgehead atoms. The summed E-state index contributed by atoms with van der Waals surface area (Å²) >= 11 is 0. The molecule has 0 aromatic carbocycles. The zero-order chi connectivity index (χ0) is 42.2. The summed E-state index contributed by atoms with van der Waals surface area (Å²) in [6, 6.07) is -1.13. The van der Waals surface area contributed by atoms with Gasteiger partial charge in [-0.1, -0.05) is 44.6 Å². The lowest BCUT2D eigenvalue weighted by Gasteiger charge is -2.47. The third kappa shape index (κ3) is 11.4. The predicted molar refractivity (Wildman–Crippen MR) is 214 cm³/mol. The van der Waals surface area contributed by atoms with Gasteiger partial charge in [-0.05, 0) is 95.5 Å². The number of nitrogens with zero attached hydrogens (tertiary/aromatic N) is 1. The van der Waals surface area contributed by atoms with Crippen molar-refractivity contribution < 1.29 is 58.5 Å². The number of aliphatic hydroxyl groups is 4. The quantitative estimate of drug-likeness (QED) is 0.162. The largest absolute Gasteiger partial charge is 0.456 e. The second kappa shape index (κ2) is 21.2. The van der Waals surface area contributed by atoms with Gasteiger partial charge < -0.3 is 49.0 Å². The number of piperidine rings is 1. The molecule has 15 unspecified atom stereocenters. The van der Waals surface area contributed by atoms with Crippen molar-refractivity contribution in [2.75, 3.05) is 27.9 Å². The highest BCUT2D eigenvalue weighted by atomic mass is 16.7. The highest BCUT2D eigenvalue weighted by molar-refractivity contribution is 6.39. The number of amides is 1. The number of ketones is 1. The van der Waals surface area contributed by atoms with Crippen molar-refractivity contribution in [1.82, 2.24) is 4.90 Å². The van der Waals surface area contributed by atoms with E-state index in [0.29, 0.717) is 56.9 Å². The molecule has 3 aliphatic heterocycles. The summed E-state index contributed by atoms with van der Waals surface area (Å²) in [5.74, 6) is -7.22. The molecule has 0 aromatic rings. The highest BCUT2D eigenvalue weighted by Crippen LogP contribution is 2.39. The Hall–Kier alpha value is -2.49. The standard InChI is InChI=1S/C44H71NO12/c1-10-13-31-19-25(2)18-26(3)20-37(54-8)40-38(55-9)22-28(5)44(52,57-40)41(49)42(50)45-17-12-11-14-32(45)43(51)56-39(29(6)34(47)24-35(31)48)27(4)21-30-15-16-33(46)36(23-30)53-7/h10,19,21,26,28-40,46-48,52H,1,11-18,20,22-24H2,2-9H3/b25-19+,27-21?. The second-order valence-corrected chi connectivity index (χ2v) is 17.5. The number of hydrogen-bond acceptors (Lipinski definition) is 12. The van der Waals surface area contributed by atoms with Gasteiger partial charge in [0.1, 0.15) is 18.2 Å². The van der Waals surface area contributed by atoms with Gasteiger partial charge in [0.05, 0.1) is 36.6 Å². The first-order valence-corrected chi connectivity index (χ1v) is 21.0. The minimum absolute atomic E-state index is 0.00416. The van der Waals surface area contributed by atoms with E-state index in [1.165, 1.54) is 19.1 Å². The van der Waals surface area contributed by atoms with Crippen LogP contribution in [-0.4, -0.2) is 132 Å². The fourth-order valence-corrected chi connectivity index (χ4v) is 9.60. The van der Waals surface area contributed by atoms with E-state index in [2.05, 4.69) is 13.5 Å². The van der Waals surface area contributed by atoms with E-state index in [-0.39, 0.29) is 49.7 Å². The molecule has 0 radical (unpaired) electrons. The molecule has 0 spiro atoms. The fraction of sp³-hybridized carbons (Fsp3) is 0.795. The summed E-state index contributed by atoms with van der Waals surface area (Å²) in [6.07, 6.45) is 4.82. The third-order valence-electron chi connectivity index (χ3n) is 13.1. The molecule has 15 atom stereocenters. The molecule has 4 aliphatic rings. The Balaban J connectivity index is 1.77. The normalized spacial score (nSPS) is 42.2. The van der Waals surface area contributed by atoms with Crippen LogP contribution >= 0.6 is 0 Å². The summed E-state index contributed by atoms with van der Waals surface area (Å²) in [5, 5.41) is 45.8. The molecule has 4 N–H and O–H groups in total. The van der Waals surface area contributed by atoms with Gasteiger partial charge in [-0.15, -0.1) is 6.58 Å². The van der Waals surface area contributed by atoms with Gasteiger partial charge in [0, 0.05) is 52.0 Å². The van der Waals surface area contributed by atoms with Crippen molar-refractivity contribution >= 4 is 17.7 Å². The maximum absolute atomic E-state index is 14.3. The van der Waals surface area contributed by atoms with Crippen molar-refractivity contribution in [1.29, 1.82) is 0 Å². The van der Waals surface area contributed by atoms with Gasteiger partial charge in [-0.3, -0.25) is 9.59 Å². The number of carbonyl (C=O) groups is 3. The minimum Gasteiger partial charge on any atom is -0.456 e. The fourth-order valence-electron chi connectivity index (χ4n) is 9.60. The molecule has 13 heteroatoms. The molecular weight excluding hydrogens is 734 g/mol. The van der Waals surface area contributed by atoms with E-state index in [1.54, 1.807) is 27.0 Å². The Morgan fingerprint density at radius 1 is 0.912 bits per heavy atom. The van der Waals surface area contributed by atoms with Crippen LogP contribution in [0, 0.1) is 29.6 Å². The Labute approximate surface area is 339 Å². The minimum atomic E-state index is -2.50. The van der Waals surface area contributed by atoms with Crippen LogP contribution in [0.25, 0.3) is 0 Å². The Kier molecular flexibility index (Phi) is 17.5. The Morgan fingerprint density at radius 3 is 2.23 bits per heavy atom. The number of hydrogen-bond donors (Lipinski definition) is 4. The van der Waals surface area contributed by atoms with E-state index in [9.17, 15) is 34.8 Å². The molecule has 1 amide bonds. The molecule has 4 rings (SSSR count). The van der Waals surface area contributed by atoms with Crippen molar-refractivity contribution in [2.24, 2.45) is 29.6 Å². The van der Waals surface area contributed by atoms with Crippen LogP contribution in [0.1, 0.15) is 105 Å². The van der Waals surface area contributed by atoms with Gasteiger partial charge >= 0.3 is 5.97 Å². The van der Waals surface area contributed by atoms with Crippen LogP contribution in [0.15, 0.2) is 36.0 Å². The van der Waals surface area contributed by atoms with E-state index >= 15 is 0 Å². The Bertz CT molecular complexity index is 1430. The third-order valence-corrected chi connectivity index (χ3v) is 13.1. The van der Waals surface area contributed by atoms with E-state index < -0.39 is 84.1 Å². The average molecular weight is 806 g/mol. The van der Waals surface area contributed by atoms with Gasteiger partial charge in [0.15, 0.2) is 0 Å². The van der Waals surface area contributed by atoms with Crippen LogP contribution in [0.3, 0.4) is 0 Å². The van der Waals surface area contributed by atoms with Gasteiger partial charge in [-0.25, -0.2) is 4.79 Å². The number of Topliss-reactive ketones (excluding diaryl/α,β-unsaturated/α-hetero) is 1. The van der Waals surface area contributed by atoms with Gasteiger partial charge in [0.25, 0.3) is 11.7 Å². The first-order chi connectivity index (χ1) is 27.0. The molecule has 1 saturated carbocycles. The smallest absolute Gasteiger partial charge is 0.329 e. The molecule has 3 heterocycles. The molecule has 1 aliphatic carbocycles. The summed E-state index contributed by atoms with van der Waals surface area (Å²) in [5.41, 5.74) is 1.70. The van der Waals surface area contributed by atoms with E-state index in [4.69, 9.17) is 23.7 Å². The topological polar surface area (TPSA) is 182 Å². The van der Waals surface area contributed by atoms with Crippen LogP contribution in [0.5, 0.6) is 0 Å². The lowest BCUT2D eigenvalue weighted by atomic mass is 9.81. The number of rotatable bonds is 7. The number of allylic oxidation sites excluding steroid dienone is 3. The number of fused-ring (bicyclic) bond motifs is 3. The number of cyclic esters (lactones) is 1. The summed E-state index contributed by atoms with van der Waals surface area (Å²) in [6.45, 7) is 13.3. The zero-order valence-corrected chi connectivity index (χ0v) is 35.5. The second-order valence-electron chi connectivity index (χ2n) is 17.5. The van der Waals surface area contributed by atoms with Gasteiger partial charge in [-0.2, -0.15) is 0 Å². The number of ether oxygens (including phenoxy) is 5. The summed E-state index contributed by atoms with van der Waals surface area (Å²) < 4.78 is 29.8. The lowest BCUT2D eigenvalue weighted by molar-refractivity contribution is -0.302. The van der Waals surface area contributed by atoms with Gasteiger partial charge in [0.2, 0.25) is 5.79 Å². The van der Waals surface area contributed by atoms with E-state index in [1.807, 2.05) is 26.0 Å². The maximum atomic E-state index is 14.3. The first kappa shape index (κ1) is 47.2. The van der Waals surface area contributed by atoms with Crippen molar-refractivity contribution in [3.63, 3.8) is 0 Å². The van der Waals surface area contributed by atoms with Crippen LogP contribution in [0.2, 0.25) is 0 Å². The number of esters is 1. The van der Waals surface area contributed by atoms with Crippen LogP contribution in [-0.2, 0) is 38.1 Å². The molecule has 2 saturated heterocycles. The zero-order valence-electron chi connectivity index (χ0n) is 35.5. The highest BCUT2D eigenvalue weighted by Gasteiger charge is 2.56. The number of methoxy groups -OCH3 is 3. The Morgan fingerprint density at radius 2 is 1.58 bits per heavy atom. The molecular formula is C44H71NO12. The van der Waals surface area contributed by atoms with Crippen molar-refractivity contribution in [3.05, 3.63) is 36.0 Å². The average Bonchev–Trinajstić information content (AvgIpc) is 3.18. The molecule has 3 fully saturated rings. The van der Waals surface area contributed by atoms with E-state index in [0.717, 1.165) is 5.57 Å². The van der Waals surface area contributed by atoms with Crippen molar-refractivity contribution in [2.45, 2.75) is 166 Å².